The van der Waals surface area contributed by atoms with Gasteiger partial charge in [-0.15, -0.1) is 22.9 Å². The Kier molecular flexibility index (Phi) is 4.62. The van der Waals surface area contributed by atoms with Crippen LogP contribution in [-0.4, -0.2) is 5.88 Å². The number of hydrogen-bond donors (Lipinski definition) is 0. The molecule has 1 rings (SSSR count). The maximum Gasteiger partial charge on any atom is 0.0314 e. The van der Waals surface area contributed by atoms with Crippen LogP contribution in [0.4, 0.5) is 0 Å². The summed E-state index contributed by atoms with van der Waals surface area (Å²) in [4.78, 5) is 1.42. The maximum atomic E-state index is 5.83. The lowest BCUT2D eigenvalue weighted by atomic mass is 10.0. The zero-order valence-electron chi connectivity index (χ0n) is 7.02. The number of hydrogen-bond acceptors (Lipinski definition) is 1. The van der Waals surface area contributed by atoms with Gasteiger partial charge in [-0.05, 0) is 39.7 Å². The quantitative estimate of drug-likeness (QED) is 0.713. The molecule has 0 fully saturated rings. The van der Waals surface area contributed by atoms with E-state index in [0.29, 0.717) is 5.92 Å². The minimum Gasteiger partial charge on any atom is -0.148 e. The van der Waals surface area contributed by atoms with Gasteiger partial charge in [0.25, 0.3) is 0 Å². The van der Waals surface area contributed by atoms with E-state index in [4.69, 9.17) is 11.6 Å². The van der Waals surface area contributed by atoms with Gasteiger partial charge in [0.1, 0.15) is 0 Å². The Morgan fingerprint density at radius 3 is 2.83 bits per heavy atom. The van der Waals surface area contributed by atoms with Gasteiger partial charge in [-0.25, -0.2) is 0 Å². The van der Waals surface area contributed by atoms with E-state index in [1.807, 2.05) is 0 Å². The highest BCUT2D eigenvalue weighted by molar-refractivity contribution is 9.10. The molecule has 0 aliphatic heterocycles. The zero-order chi connectivity index (χ0) is 8.97. The van der Waals surface area contributed by atoms with E-state index in [1.54, 1.807) is 11.3 Å². The number of alkyl halides is 1. The van der Waals surface area contributed by atoms with E-state index in [1.165, 1.54) is 9.35 Å². The van der Waals surface area contributed by atoms with Crippen molar-refractivity contribution in [1.82, 2.24) is 0 Å². The first-order chi connectivity index (χ1) is 5.77. The summed E-state index contributed by atoms with van der Waals surface area (Å²) in [5.74, 6) is 1.39. The van der Waals surface area contributed by atoms with Crippen molar-refractivity contribution in [1.29, 1.82) is 0 Å². The molecule has 0 saturated heterocycles. The number of thiophene rings is 1. The molecule has 0 aliphatic carbocycles. The summed E-state index contributed by atoms with van der Waals surface area (Å²) in [6, 6.07) is 2.10. The highest BCUT2D eigenvalue weighted by atomic mass is 79.9. The topological polar surface area (TPSA) is 0 Å². The summed E-state index contributed by atoms with van der Waals surface area (Å²) in [5.41, 5.74) is 0. The Morgan fingerprint density at radius 1 is 1.67 bits per heavy atom. The Bertz CT molecular complexity index is 230. The van der Waals surface area contributed by atoms with Crippen LogP contribution < -0.4 is 0 Å². The van der Waals surface area contributed by atoms with Crippen molar-refractivity contribution in [3.05, 3.63) is 20.8 Å². The van der Waals surface area contributed by atoms with Crippen molar-refractivity contribution in [3.63, 3.8) is 0 Å². The molecule has 0 amide bonds. The molecule has 0 nitrogen and oxygen atoms in total. The molecule has 0 aliphatic rings. The van der Waals surface area contributed by atoms with Gasteiger partial charge in [-0.3, -0.25) is 0 Å². The second kappa shape index (κ2) is 5.25. The SMILES string of the molecule is CCC(CCl)Cc1sccc1Br. The van der Waals surface area contributed by atoms with Crippen LogP contribution in [0.25, 0.3) is 0 Å². The second-order valence-corrected chi connectivity index (χ2v) is 4.99. The lowest BCUT2D eigenvalue weighted by Gasteiger charge is -2.09. The average Bonchev–Trinajstić information content (AvgIpc) is 2.47. The molecule has 3 heteroatoms. The predicted octanol–water partition coefficient (Wildman–Crippen LogP) is 4.32. The molecule has 12 heavy (non-hydrogen) atoms. The zero-order valence-corrected chi connectivity index (χ0v) is 10.2. The minimum atomic E-state index is 0.626. The molecule has 1 aromatic rings. The van der Waals surface area contributed by atoms with Crippen LogP contribution in [0.15, 0.2) is 15.9 Å². The van der Waals surface area contributed by atoms with Gasteiger partial charge in [0.15, 0.2) is 0 Å². The fourth-order valence-corrected chi connectivity index (χ4v) is 3.00. The normalized spacial score (nSPS) is 13.2. The number of halogens is 2. The molecular weight excluding hydrogens is 256 g/mol. The van der Waals surface area contributed by atoms with E-state index >= 15 is 0 Å². The lowest BCUT2D eigenvalue weighted by molar-refractivity contribution is 0.570. The molecule has 0 aromatic carbocycles. The Morgan fingerprint density at radius 2 is 2.42 bits per heavy atom. The van der Waals surface area contributed by atoms with Gasteiger partial charge < -0.3 is 0 Å². The van der Waals surface area contributed by atoms with Crippen LogP contribution >= 0.6 is 38.9 Å². The maximum absolute atomic E-state index is 5.83. The van der Waals surface area contributed by atoms with Crippen LogP contribution in [0.2, 0.25) is 0 Å². The molecule has 0 bridgehead atoms. The third-order valence-electron chi connectivity index (χ3n) is 1.96. The summed E-state index contributed by atoms with van der Waals surface area (Å²) in [6.45, 7) is 2.19. The standard InChI is InChI=1S/C9H12BrClS/c1-2-7(6-11)5-9-8(10)3-4-12-9/h3-4,7H,2,5-6H2,1H3. The molecule has 1 aromatic heterocycles. The first-order valence-electron chi connectivity index (χ1n) is 4.05. The van der Waals surface area contributed by atoms with Crippen molar-refractivity contribution in [2.45, 2.75) is 19.8 Å². The molecule has 1 unspecified atom stereocenters. The molecule has 68 valence electrons. The van der Waals surface area contributed by atoms with Crippen molar-refractivity contribution < 1.29 is 0 Å². The van der Waals surface area contributed by atoms with Gasteiger partial charge in [-0.1, -0.05) is 13.3 Å². The highest BCUT2D eigenvalue weighted by Gasteiger charge is 2.09. The van der Waals surface area contributed by atoms with E-state index < -0.39 is 0 Å². The summed E-state index contributed by atoms with van der Waals surface area (Å²) in [5, 5.41) is 2.11. The van der Waals surface area contributed by atoms with Gasteiger partial charge >= 0.3 is 0 Å². The van der Waals surface area contributed by atoms with E-state index in [2.05, 4.69) is 34.3 Å². The smallest absolute Gasteiger partial charge is 0.0314 e. The van der Waals surface area contributed by atoms with Crippen LogP contribution in [0, 0.1) is 5.92 Å². The summed E-state index contributed by atoms with van der Waals surface area (Å²) in [7, 11) is 0. The van der Waals surface area contributed by atoms with Crippen LogP contribution in [0.3, 0.4) is 0 Å². The Labute approximate surface area is 91.1 Å². The number of rotatable bonds is 4. The first kappa shape index (κ1) is 10.6. The van der Waals surface area contributed by atoms with Gasteiger partial charge in [0, 0.05) is 15.2 Å². The largest absolute Gasteiger partial charge is 0.148 e. The Hall–Kier alpha value is 0.470. The molecular formula is C9H12BrClS. The van der Waals surface area contributed by atoms with E-state index in [9.17, 15) is 0 Å². The van der Waals surface area contributed by atoms with Crippen molar-refractivity contribution in [3.8, 4) is 0 Å². The Balaban J connectivity index is 2.56. The van der Waals surface area contributed by atoms with Crippen molar-refractivity contribution in [2.24, 2.45) is 5.92 Å². The van der Waals surface area contributed by atoms with Crippen molar-refractivity contribution in [2.75, 3.05) is 5.88 Å². The van der Waals surface area contributed by atoms with Crippen molar-refractivity contribution >= 4 is 38.9 Å². The molecule has 0 spiro atoms. The monoisotopic (exact) mass is 266 g/mol. The molecule has 0 N–H and O–H groups in total. The van der Waals surface area contributed by atoms with Gasteiger partial charge in [0.2, 0.25) is 0 Å². The van der Waals surface area contributed by atoms with Crippen LogP contribution in [-0.2, 0) is 6.42 Å². The van der Waals surface area contributed by atoms with E-state index in [0.717, 1.165) is 18.7 Å². The average molecular weight is 268 g/mol. The highest BCUT2D eigenvalue weighted by Crippen LogP contribution is 2.26. The van der Waals surface area contributed by atoms with Gasteiger partial charge in [0.05, 0.1) is 0 Å². The van der Waals surface area contributed by atoms with Crippen LogP contribution in [0.5, 0.6) is 0 Å². The summed E-state index contributed by atoms with van der Waals surface area (Å²) < 4.78 is 1.23. The summed E-state index contributed by atoms with van der Waals surface area (Å²) in [6.07, 6.45) is 2.27. The second-order valence-electron chi connectivity index (χ2n) is 2.82. The lowest BCUT2D eigenvalue weighted by Crippen LogP contribution is -2.03. The third-order valence-corrected chi connectivity index (χ3v) is 4.35. The molecule has 0 saturated carbocycles. The third kappa shape index (κ3) is 2.75. The fourth-order valence-electron chi connectivity index (χ4n) is 1.04. The molecule has 1 atom stereocenters. The molecule has 1 heterocycles. The predicted molar refractivity (Wildman–Crippen MR) is 60.2 cm³/mol. The molecule has 0 radical (unpaired) electrons. The summed E-state index contributed by atoms with van der Waals surface area (Å²) >= 11 is 11.1. The van der Waals surface area contributed by atoms with E-state index in [-0.39, 0.29) is 0 Å². The minimum absolute atomic E-state index is 0.626. The van der Waals surface area contributed by atoms with Crippen LogP contribution in [0.1, 0.15) is 18.2 Å². The van der Waals surface area contributed by atoms with Gasteiger partial charge in [-0.2, -0.15) is 0 Å². The fraction of sp³-hybridized carbons (Fsp3) is 0.556. The first-order valence-corrected chi connectivity index (χ1v) is 6.26.